The third-order valence-corrected chi connectivity index (χ3v) is 2.59. The van der Waals surface area contributed by atoms with E-state index in [1.807, 2.05) is 0 Å². The van der Waals surface area contributed by atoms with Gasteiger partial charge in [-0.05, 0) is 6.92 Å². The second-order valence-electron chi connectivity index (χ2n) is 3.22. The summed E-state index contributed by atoms with van der Waals surface area (Å²) in [4.78, 5) is 14.5. The highest BCUT2D eigenvalue weighted by Crippen LogP contribution is 2.07. The molecule has 0 saturated carbocycles. The van der Waals surface area contributed by atoms with Gasteiger partial charge in [-0.25, -0.2) is 18.2 Å². The van der Waals surface area contributed by atoms with Crippen molar-refractivity contribution < 1.29 is 18.3 Å². The van der Waals surface area contributed by atoms with E-state index in [9.17, 15) is 13.2 Å². The lowest BCUT2D eigenvalue weighted by Crippen LogP contribution is -2.07. The number of aryl methyl sites for hydroxylation is 1. The molecule has 0 aliphatic carbocycles. The van der Waals surface area contributed by atoms with Crippen LogP contribution in [-0.2, 0) is 22.1 Å². The van der Waals surface area contributed by atoms with E-state index in [4.69, 9.17) is 5.11 Å². The molecule has 1 aromatic rings. The standard InChI is InChI=1S/C8H12N2O4S/c1-3-10-4-6(5-15(2,13)14)9-7(10)8(11)12/h4H,3,5H2,1-2H3,(H,11,12). The molecule has 0 saturated heterocycles. The minimum absolute atomic E-state index is 0.129. The van der Waals surface area contributed by atoms with Gasteiger partial charge in [0.2, 0.25) is 5.82 Å². The molecule has 0 fully saturated rings. The normalized spacial score (nSPS) is 11.6. The lowest BCUT2D eigenvalue weighted by molar-refractivity contribution is 0.0678. The van der Waals surface area contributed by atoms with E-state index in [0.29, 0.717) is 6.54 Å². The van der Waals surface area contributed by atoms with Crippen molar-refractivity contribution >= 4 is 15.8 Å². The van der Waals surface area contributed by atoms with Gasteiger partial charge in [-0.3, -0.25) is 0 Å². The summed E-state index contributed by atoms with van der Waals surface area (Å²) in [6.07, 6.45) is 2.53. The highest BCUT2D eigenvalue weighted by Gasteiger charge is 2.15. The molecule has 0 spiro atoms. The third kappa shape index (κ3) is 3.05. The fraction of sp³-hybridized carbons (Fsp3) is 0.500. The van der Waals surface area contributed by atoms with Gasteiger partial charge >= 0.3 is 5.97 Å². The first kappa shape index (κ1) is 11.7. The summed E-state index contributed by atoms with van der Waals surface area (Å²) in [7, 11) is -3.18. The quantitative estimate of drug-likeness (QED) is 0.797. The first-order valence-electron chi connectivity index (χ1n) is 4.30. The van der Waals surface area contributed by atoms with E-state index in [-0.39, 0.29) is 17.3 Å². The molecule has 0 radical (unpaired) electrons. The summed E-state index contributed by atoms with van der Waals surface area (Å²) >= 11 is 0. The van der Waals surface area contributed by atoms with Crippen molar-refractivity contribution in [2.45, 2.75) is 19.2 Å². The van der Waals surface area contributed by atoms with Crippen molar-refractivity contribution in [3.05, 3.63) is 17.7 Å². The highest BCUT2D eigenvalue weighted by molar-refractivity contribution is 7.89. The Bertz CT molecular complexity index is 475. The number of hydrogen-bond donors (Lipinski definition) is 1. The molecule has 1 aromatic heterocycles. The van der Waals surface area contributed by atoms with Crippen LogP contribution < -0.4 is 0 Å². The third-order valence-electron chi connectivity index (χ3n) is 1.77. The van der Waals surface area contributed by atoms with Gasteiger partial charge < -0.3 is 9.67 Å². The minimum atomic E-state index is -3.18. The second kappa shape index (κ2) is 4.01. The number of carboxylic acids is 1. The Kier molecular flexibility index (Phi) is 3.13. The summed E-state index contributed by atoms with van der Waals surface area (Å²) < 4.78 is 23.4. The molecule has 0 atom stereocenters. The Balaban J connectivity index is 3.08. The van der Waals surface area contributed by atoms with Crippen LogP contribution in [0, 0.1) is 0 Å². The maximum absolute atomic E-state index is 11.0. The summed E-state index contributed by atoms with van der Waals surface area (Å²) in [5, 5.41) is 8.78. The first-order chi connectivity index (χ1) is 6.83. The molecule has 1 rings (SSSR count). The van der Waals surface area contributed by atoms with Crippen LogP contribution in [-0.4, -0.2) is 35.3 Å². The molecule has 7 heteroatoms. The van der Waals surface area contributed by atoms with Crippen LogP contribution in [0.1, 0.15) is 23.2 Å². The van der Waals surface area contributed by atoms with Crippen molar-refractivity contribution in [2.75, 3.05) is 6.26 Å². The number of carboxylic acid groups (broad SMARTS) is 1. The zero-order valence-electron chi connectivity index (χ0n) is 8.47. The Morgan fingerprint density at radius 3 is 2.53 bits per heavy atom. The number of hydrogen-bond acceptors (Lipinski definition) is 4. The van der Waals surface area contributed by atoms with E-state index in [2.05, 4.69) is 4.98 Å². The maximum Gasteiger partial charge on any atom is 0.372 e. The molecule has 1 N–H and O–H groups in total. The molecule has 0 bridgehead atoms. The number of imidazole rings is 1. The van der Waals surface area contributed by atoms with E-state index in [1.165, 1.54) is 10.8 Å². The van der Waals surface area contributed by atoms with Crippen LogP contribution in [0.3, 0.4) is 0 Å². The molecule has 1 heterocycles. The van der Waals surface area contributed by atoms with Crippen molar-refractivity contribution in [2.24, 2.45) is 0 Å². The van der Waals surface area contributed by atoms with E-state index in [1.54, 1.807) is 6.92 Å². The highest BCUT2D eigenvalue weighted by atomic mass is 32.2. The van der Waals surface area contributed by atoms with Crippen molar-refractivity contribution in [1.29, 1.82) is 0 Å². The predicted molar refractivity (Wildman–Crippen MR) is 53.4 cm³/mol. The average molecular weight is 232 g/mol. The molecule has 0 unspecified atom stereocenters. The summed E-state index contributed by atoms with van der Waals surface area (Å²) in [5.74, 6) is -1.52. The molecule has 0 aromatic carbocycles. The van der Waals surface area contributed by atoms with Crippen LogP contribution >= 0.6 is 0 Å². The molecule has 15 heavy (non-hydrogen) atoms. The van der Waals surface area contributed by atoms with E-state index >= 15 is 0 Å². The largest absolute Gasteiger partial charge is 0.475 e. The number of carbonyl (C=O) groups is 1. The predicted octanol–water partition coefficient (Wildman–Crippen LogP) is 0.146. The zero-order chi connectivity index (χ0) is 11.6. The van der Waals surface area contributed by atoms with Crippen molar-refractivity contribution in [1.82, 2.24) is 9.55 Å². The van der Waals surface area contributed by atoms with Crippen molar-refractivity contribution in [3.8, 4) is 0 Å². The number of sulfone groups is 1. The molecule has 0 aliphatic heterocycles. The van der Waals surface area contributed by atoms with Gasteiger partial charge in [0.1, 0.15) is 0 Å². The minimum Gasteiger partial charge on any atom is -0.475 e. The van der Waals surface area contributed by atoms with Crippen LogP contribution in [0.25, 0.3) is 0 Å². The summed E-state index contributed by atoms with van der Waals surface area (Å²) in [5.41, 5.74) is 0.261. The second-order valence-corrected chi connectivity index (χ2v) is 5.36. The van der Waals surface area contributed by atoms with Gasteiger partial charge in [0, 0.05) is 19.0 Å². The van der Waals surface area contributed by atoms with Gasteiger partial charge in [0.05, 0.1) is 11.4 Å². The van der Waals surface area contributed by atoms with Crippen LogP contribution in [0.5, 0.6) is 0 Å². The van der Waals surface area contributed by atoms with Crippen LogP contribution in [0.2, 0.25) is 0 Å². The monoisotopic (exact) mass is 232 g/mol. The maximum atomic E-state index is 11.0. The van der Waals surface area contributed by atoms with E-state index < -0.39 is 15.8 Å². The van der Waals surface area contributed by atoms with Crippen molar-refractivity contribution in [3.63, 3.8) is 0 Å². The average Bonchev–Trinajstić information content (AvgIpc) is 2.44. The number of aromatic carboxylic acids is 1. The number of nitrogens with zero attached hydrogens (tertiary/aromatic N) is 2. The lowest BCUT2D eigenvalue weighted by Gasteiger charge is -1.97. The number of rotatable bonds is 4. The summed E-state index contributed by atoms with van der Waals surface area (Å²) in [6, 6.07) is 0. The Hall–Kier alpha value is -1.37. The van der Waals surface area contributed by atoms with Gasteiger partial charge in [-0.1, -0.05) is 0 Å². The van der Waals surface area contributed by atoms with Crippen LogP contribution in [0.15, 0.2) is 6.20 Å². The zero-order valence-corrected chi connectivity index (χ0v) is 9.28. The van der Waals surface area contributed by atoms with Gasteiger partial charge in [0.25, 0.3) is 0 Å². The molecular formula is C8H12N2O4S. The lowest BCUT2D eigenvalue weighted by atomic mass is 10.5. The Morgan fingerprint density at radius 2 is 2.20 bits per heavy atom. The van der Waals surface area contributed by atoms with Crippen LogP contribution in [0.4, 0.5) is 0 Å². The number of aromatic nitrogens is 2. The Labute approximate surface area is 87.5 Å². The summed E-state index contributed by atoms with van der Waals surface area (Å²) in [6.45, 7) is 2.21. The smallest absolute Gasteiger partial charge is 0.372 e. The molecule has 84 valence electrons. The fourth-order valence-electron chi connectivity index (χ4n) is 1.22. The first-order valence-corrected chi connectivity index (χ1v) is 6.36. The van der Waals surface area contributed by atoms with Gasteiger partial charge in [-0.2, -0.15) is 0 Å². The fourth-order valence-corrected chi connectivity index (χ4v) is 1.90. The molecular weight excluding hydrogens is 220 g/mol. The molecule has 6 nitrogen and oxygen atoms in total. The van der Waals surface area contributed by atoms with Gasteiger partial charge in [0.15, 0.2) is 9.84 Å². The van der Waals surface area contributed by atoms with Gasteiger partial charge in [-0.15, -0.1) is 0 Å². The molecule has 0 amide bonds. The Morgan fingerprint density at radius 1 is 1.60 bits per heavy atom. The molecule has 0 aliphatic rings. The topological polar surface area (TPSA) is 89.3 Å². The SMILES string of the molecule is CCn1cc(CS(C)(=O)=O)nc1C(=O)O. The van der Waals surface area contributed by atoms with E-state index in [0.717, 1.165) is 6.26 Å².